The zero-order valence-corrected chi connectivity index (χ0v) is 16.1. The number of amides is 1. The van der Waals surface area contributed by atoms with Crippen LogP contribution >= 0.6 is 11.6 Å². The molecule has 1 amide bonds. The fourth-order valence-electron chi connectivity index (χ4n) is 2.30. The average Bonchev–Trinajstić information content (AvgIpc) is 2.62. The van der Waals surface area contributed by atoms with Crippen LogP contribution in [0.25, 0.3) is 0 Å². The fraction of sp³-hybridized carbons (Fsp3) is 0.316. The number of methoxy groups -OCH3 is 3. The Hall–Kier alpha value is -2.60. The van der Waals surface area contributed by atoms with E-state index in [1.165, 1.54) is 20.3 Å². The number of ether oxygens (including phenoxy) is 4. The number of nitrogens with one attached hydrogen (secondary N) is 1. The minimum Gasteiger partial charge on any atom is -0.497 e. The van der Waals surface area contributed by atoms with Gasteiger partial charge in [-0.05, 0) is 38.1 Å². The largest absolute Gasteiger partial charge is 0.497 e. The summed E-state index contributed by atoms with van der Waals surface area (Å²) in [4.78, 5) is 12.6. The summed E-state index contributed by atoms with van der Waals surface area (Å²) < 4.78 is 21.4. The second-order valence-electron chi connectivity index (χ2n) is 5.68. The van der Waals surface area contributed by atoms with E-state index >= 15 is 0 Å². The van der Waals surface area contributed by atoms with Gasteiger partial charge < -0.3 is 24.3 Å². The van der Waals surface area contributed by atoms with Crippen LogP contribution in [0.15, 0.2) is 30.3 Å². The zero-order valence-electron chi connectivity index (χ0n) is 15.4. The van der Waals surface area contributed by atoms with Crippen molar-refractivity contribution in [2.75, 3.05) is 26.6 Å². The molecule has 0 heterocycles. The molecule has 2 rings (SSSR count). The zero-order chi connectivity index (χ0) is 19.3. The van der Waals surface area contributed by atoms with Gasteiger partial charge in [0.1, 0.15) is 11.5 Å². The summed E-state index contributed by atoms with van der Waals surface area (Å²) in [6.07, 6.45) is -0.0790. The van der Waals surface area contributed by atoms with Gasteiger partial charge in [-0.3, -0.25) is 4.79 Å². The summed E-state index contributed by atoms with van der Waals surface area (Å²) in [7, 11) is 4.57. The summed E-state index contributed by atoms with van der Waals surface area (Å²) in [5.41, 5.74) is 0.844. The molecule has 0 spiro atoms. The van der Waals surface area contributed by atoms with E-state index in [0.717, 1.165) is 0 Å². The van der Waals surface area contributed by atoms with E-state index in [1.807, 2.05) is 13.8 Å². The van der Waals surface area contributed by atoms with E-state index in [9.17, 15) is 4.79 Å². The summed E-state index contributed by atoms with van der Waals surface area (Å²) >= 11 is 6.28. The third kappa shape index (κ3) is 4.52. The number of hydrogen-bond donors (Lipinski definition) is 1. The summed E-state index contributed by atoms with van der Waals surface area (Å²) in [6, 6.07) is 8.22. The molecular weight excluding hydrogens is 358 g/mol. The van der Waals surface area contributed by atoms with Crippen LogP contribution < -0.4 is 24.3 Å². The molecule has 6 nitrogen and oxygen atoms in total. The van der Waals surface area contributed by atoms with Crippen molar-refractivity contribution in [1.29, 1.82) is 0 Å². The maximum absolute atomic E-state index is 12.6. The first-order chi connectivity index (χ1) is 12.4. The molecule has 0 atom stereocenters. The number of rotatable bonds is 7. The predicted molar refractivity (Wildman–Crippen MR) is 101 cm³/mol. The molecule has 0 aromatic heterocycles. The maximum Gasteiger partial charge on any atom is 0.255 e. The van der Waals surface area contributed by atoms with Gasteiger partial charge in [-0.25, -0.2) is 0 Å². The maximum atomic E-state index is 12.6. The van der Waals surface area contributed by atoms with Gasteiger partial charge in [-0.15, -0.1) is 0 Å². The van der Waals surface area contributed by atoms with Crippen LogP contribution in [0.5, 0.6) is 23.0 Å². The van der Waals surface area contributed by atoms with Gasteiger partial charge in [0.05, 0.1) is 38.1 Å². The summed E-state index contributed by atoms with van der Waals surface area (Å²) in [6.45, 7) is 3.76. The first-order valence-corrected chi connectivity index (χ1v) is 8.35. The molecule has 0 saturated carbocycles. The van der Waals surface area contributed by atoms with E-state index in [1.54, 1.807) is 31.4 Å². The second-order valence-corrected chi connectivity index (χ2v) is 6.08. The highest BCUT2D eigenvalue weighted by atomic mass is 35.5. The van der Waals surface area contributed by atoms with Crippen LogP contribution in [-0.2, 0) is 0 Å². The lowest BCUT2D eigenvalue weighted by Crippen LogP contribution is -2.14. The lowest BCUT2D eigenvalue weighted by Gasteiger charge is -2.16. The molecule has 0 aliphatic rings. The molecule has 0 fully saturated rings. The van der Waals surface area contributed by atoms with Crippen LogP contribution in [0, 0.1) is 0 Å². The normalized spacial score (nSPS) is 10.4. The topological polar surface area (TPSA) is 66.0 Å². The van der Waals surface area contributed by atoms with E-state index < -0.39 is 0 Å². The van der Waals surface area contributed by atoms with E-state index in [0.29, 0.717) is 39.3 Å². The lowest BCUT2D eigenvalue weighted by molar-refractivity contribution is 0.102. The average molecular weight is 380 g/mol. The van der Waals surface area contributed by atoms with E-state index in [-0.39, 0.29) is 12.0 Å². The quantitative estimate of drug-likeness (QED) is 0.772. The van der Waals surface area contributed by atoms with Gasteiger partial charge in [-0.2, -0.15) is 0 Å². The minimum absolute atomic E-state index is 0.0790. The van der Waals surface area contributed by atoms with Gasteiger partial charge >= 0.3 is 0 Å². The highest BCUT2D eigenvalue weighted by Gasteiger charge is 2.18. The Morgan fingerprint density at radius 2 is 1.69 bits per heavy atom. The van der Waals surface area contributed by atoms with Gasteiger partial charge in [0.25, 0.3) is 5.91 Å². The van der Waals surface area contributed by atoms with Crippen molar-refractivity contribution in [2.45, 2.75) is 20.0 Å². The Kier molecular flexibility index (Phi) is 6.58. The standard InChI is InChI=1S/C19H22ClNO5/c1-11(2)26-18-14(20)8-12(9-17(18)25-5)19(22)21-15-7-6-13(23-3)10-16(15)24-4/h6-11H,1-5H3,(H,21,22). The first kappa shape index (κ1) is 19.7. The van der Waals surface area contributed by atoms with Crippen LogP contribution in [-0.4, -0.2) is 33.3 Å². The lowest BCUT2D eigenvalue weighted by atomic mass is 10.1. The van der Waals surface area contributed by atoms with Crippen molar-refractivity contribution >= 4 is 23.2 Å². The van der Waals surface area contributed by atoms with Crippen molar-refractivity contribution in [3.63, 3.8) is 0 Å². The Bertz CT molecular complexity index is 792. The number of carbonyl (C=O) groups excluding carboxylic acids is 1. The molecule has 26 heavy (non-hydrogen) atoms. The van der Waals surface area contributed by atoms with Crippen LogP contribution in [0.2, 0.25) is 5.02 Å². The summed E-state index contributed by atoms with van der Waals surface area (Å²) in [5.74, 6) is 1.54. The van der Waals surface area contributed by atoms with Gasteiger partial charge in [0.15, 0.2) is 11.5 Å². The van der Waals surface area contributed by atoms with Crippen molar-refractivity contribution < 1.29 is 23.7 Å². The van der Waals surface area contributed by atoms with E-state index in [4.69, 9.17) is 30.5 Å². The smallest absolute Gasteiger partial charge is 0.255 e. The van der Waals surface area contributed by atoms with Crippen LogP contribution in [0.3, 0.4) is 0 Å². The molecule has 0 aliphatic carbocycles. The molecule has 0 unspecified atom stereocenters. The monoisotopic (exact) mass is 379 g/mol. The molecule has 2 aromatic rings. The number of halogens is 1. The molecule has 0 bridgehead atoms. The number of benzene rings is 2. The number of hydrogen-bond acceptors (Lipinski definition) is 5. The molecule has 0 saturated heterocycles. The number of carbonyl (C=O) groups is 1. The van der Waals surface area contributed by atoms with Crippen LogP contribution in [0.4, 0.5) is 5.69 Å². The Morgan fingerprint density at radius 3 is 2.27 bits per heavy atom. The molecule has 1 N–H and O–H groups in total. The van der Waals surface area contributed by atoms with Gasteiger partial charge in [0.2, 0.25) is 0 Å². The van der Waals surface area contributed by atoms with Crippen molar-refractivity contribution in [3.05, 3.63) is 40.9 Å². The Labute approximate surface area is 158 Å². The molecule has 140 valence electrons. The van der Waals surface area contributed by atoms with Gasteiger partial charge in [-0.1, -0.05) is 11.6 Å². The number of anilines is 1. The SMILES string of the molecule is COc1ccc(NC(=O)c2cc(Cl)c(OC(C)C)c(OC)c2)c(OC)c1. The molecule has 2 aromatic carbocycles. The molecular formula is C19H22ClNO5. The second kappa shape index (κ2) is 8.67. The highest BCUT2D eigenvalue weighted by molar-refractivity contribution is 6.32. The van der Waals surface area contributed by atoms with Crippen molar-refractivity contribution in [3.8, 4) is 23.0 Å². The first-order valence-electron chi connectivity index (χ1n) is 7.97. The minimum atomic E-state index is -0.357. The van der Waals surface area contributed by atoms with Crippen molar-refractivity contribution in [2.24, 2.45) is 0 Å². The van der Waals surface area contributed by atoms with Gasteiger partial charge in [0, 0.05) is 11.6 Å². The fourth-order valence-corrected chi connectivity index (χ4v) is 2.55. The molecule has 7 heteroatoms. The van der Waals surface area contributed by atoms with E-state index in [2.05, 4.69) is 5.32 Å². The predicted octanol–water partition coefficient (Wildman–Crippen LogP) is 4.41. The van der Waals surface area contributed by atoms with Crippen molar-refractivity contribution in [1.82, 2.24) is 0 Å². The molecule has 0 aliphatic heterocycles. The third-order valence-corrected chi connectivity index (χ3v) is 3.78. The Morgan fingerprint density at radius 1 is 1.00 bits per heavy atom. The third-order valence-electron chi connectivity index (χ3n) is 3.50. The van der Waals surface area contributed by atoms with Crippen LogP contribution in [0.1, 0.15) is 24.2 Å². The highest BCUT2D eigenvalue weighted by Crippen LogP contribution is 2.37. The Balaban J connectivity index is 2.31. The summed E-state index contributed by atoms with van der Waals surface area (Å²) in [5, 5.41) is 3.09. The molecule has 0 radical (unpaired) electrons.